The van der Waals surface area contributed by atoms with Gasteiger partial charge < -0.3 is 9.80 Å². The first-order valence-corrected chi connectivity index (χ1v) is 10.9. The fourth-order valence-electron chi connectivity index (χ4n) is 5.53. The maximum atomic E-state index is 4.73. The molecule has 0 radical (unpaired) electrons. The molecule has 2 atom stereocenters. The largest absolute Gasteiger partial charge is 0.355 e. The summed E-state index contributed by atoms with van der Waals surface area (Å²) in [6, 6.07) is 0. The van der Waals surface area contributed by atoms with Crippen LogP contribution < -0.4 is 0 Å². The quantitative estimate of drug-likeness (QED) is 0.459. The van der Waals surface area contributed by atoms with E-state index >= 15 is 0 Å². The molecule has 2 aliphatic rings. The number of likely N-dealkylation sites (N-methyl/N-ethyl adjacent to an activating group) is 2. The molecule has 0 saturated heterocycles. The van der Waals surface area contributed by atoms with Crippen molar-refractivity contribution >= 4 is 6.21 Å². The van der Waals surface area contributed by atoms with Gasteiger partial charge in [0.2, 0.25) is 0 Å². The molecule has 0 amide bonds. The molecule has 0 bridgehead atoms. The van der Waals surface area contributed by atoms with Gasteiger partial charge in [0.25, 0.3) is 0 Å². The smallest absolute Gasteiger partial charge is 0.125 e. The number of nitrogens with zero attached hydrogens (tertiary/aromatic N) is 3. The van der Waals surface area contributed by atoms with Gasteiger partial charge in [0, 0.05) is 43.3 Å². The molecule has 2 aliphatic heterocycles. The second-order valence-corrected chi connectivity index (χ2v) is 11.0. The van der Waals surface area contributed by atoms with E-state index in [2.05, 4.69) is 97.4 Å². The van der Waals surface area contributed by atoms with Crippen LogP contribution >= 0.6 is 0 Å². The van der Waals surface area contributed by atoms with E-state index in [9.17, 15) is 0 Å². The summed E-state index contributed by atoms with van der Waals surface area (Å²) in [6.45, 7) is 20.5. The molecule has 0 aliphatic carbocycles. The highest BCUT2D eigenvalue weighted by atomic mass is 15.4. The molecule has 0 N–H and O–H groups in total. The molecule has 0 spiro atoms. The second-order valence-electron chi connectivity index (χ2n) is 11.0. The van der Waals surface area contributed by atoms with Crippen LogP contribution in [0.4, 0.5) is 0 Å². The van der Waals surface area contributed by atoms with Crippen LogP contribution in [0.2, 0.25) is 0 Å². The predicted octanol–water partition coefficient (Wildman–Crippen LogP) is 6.60. The average Bonchev–Trinajstić information content (AvgIpc) is 2.88. The van der Waals surface area contributed by atoms with Crippen molar-refractivity contribution in [3.05, 3.63) is 35.8 Å². The molecule has 28 heavy (non-hydrogen) atoms. The molecule has 0 fully saturated rings. The van der Waals surface area contributed by atoms with Gasteiger partial charge in [-0.25, -0.2) is 0 Å². The Kier molecular flexibility index (Phi) is 6.57. The van der Waals surface area contributed by atoms with E-state index in [1.165, 1.54) is 17.0 Å². The number of allylic oxidation sites excluding steroid dienone is 3. The Labute approximate surface area is 174 Å². The van der Waals surface area contributed by atoms with E-state index in [-0.39, 0.29) is 22.4 Å². The third-order valence-corrected chi connectivity index (χ3v) is 6.20. The molecule has 2 unspecified atom stereocenters. The van der Waals surface area contributed by atoms with Crippen molar-refractivity contribution in [3.63, 3.8) is 0 Å². The molecule has 0 aromatic carbocycles. The van der Waals surface area contributed by atoms with Gasteiger partial charge in [0.05, 0.1) is 0 Å². The Morgan fingerprint density at radius 1 is 1.14 bits per heavy atom. The lowest BCUT2D eigenvalue weighted by atomic mass is 9.65. The van der Waals surface area contributed by atoms with Crippen LogP contribution in [0, 0.1) is 16.2 Å². The molecular weight excluding hydrogens is 342 g/mol. The van der Waals surface area contributed by atoms with Crippen LogP contribution in [0.5, 0.6) is 0 Å². The molecule has 2 heterocycles. The zero-order chi connectivity index (χ0) is 21.3. The standard InChI is InChI=1S/C25H43N3/c1-11-20-19(14-13-15-26-20)22-27(9)16-21(28(22)10)25(8,17-23(3,4)5)18-24(6,7)12-2/h12,15-16,22H,2,11,13-14,17-18H2,1,3-10H3. The Bertz CT molecular complexity index is 674. The number of hydrogen-bond acceptors (Lipinski definition) is 3. The maximum absolute atomic E-state index is 4.73. The molecule has 158 valence electrons. The maximum Gasteiger partial charge on any atom is 0.125 e. The van der Waals surface area contributed by atoms with Crippen LogP contribution in [0.1, 0.15) is 80.6 Å². The van der Waals surface area contributed by atoms with Crippen LogP contribution in [0.3, 0.4) is 0 Å². The molecule has 0 aromatic heterocycles. The topological polar surface area (TPSA) is 18.8 Å². The van der Waals surface area contributed by atoms with Crippen molar-refractivity contribution < 1.29 is 0 Å². The molecule has 3 nitrogen and oxygen atoms in total. The number of hydrogen-bond donors (Lipinski definition) is 0. The minimum atomic E-state index is 0.0819. The van der Waals surface area contributed by atoms with Gasteiger partial charge in [-0.1, -0.05) is 54.5 Å². The lowest BCUT2D eigenvalue weighted by Crippen LogP contribution is -2.42. The highest BCUT2D eigenvalue weighted by Crippen LogP contribution is 2.50. The first-order chi connectivity index (χ1) is 12.8. The molecule has 2 rings (SSSR count). The van der Waals surface area contributed by atoms with Crippen LogP contribution in [0.15, 0.2) is 40.8 Å². The SMILES string of the molecule is C=CC(C)(C)CC(C)(CC(C)(C)C)C1=CN(C)C(C2=C(CC)N=CCC2)N1C. The summed E-state index contributed by atoms with van der Waals surface area (Å²) in [5.41, 5.74) is 4.64. The normalized spacial score (nSPS) is 23.2. The Balaban J connectivity index is 2.44. The van der Waals surface area contributed by atoms with Crippen molar-refractivity contribution in [2.45, 2.75) is 86.7 Å². The summed E-state index contributed by atoms with van der Waals surface area (Å²) in [6.07, 6.45) is 12.3. The third kappa shape index (κ3) is 4.90. The number of rotatable bonds is 7. The van der Waals surface area contributed by atoms with Gasteiger partial charge >= 0.3 is 0 Å². The van der Waals surface area contributed by atoms with Crippen LogP contribution in [0.25, 0.3) is 0 Å². The van der Waals surface area contributed by atoms with Gasteiger partial charge in [0.1, 0.15) is 6.17 Å². The highest BCUT2D eigenvalue weighted by molar-refractivity contribution is 5.62. The fourth-order valence-corrected chi connectivity index (χ4v) is 5.53. The van der Waals surface area contributed by atoms with Gasteiger partial charge in [-0.3, -0.25) is 4.99 Å². The monoisotopic (exact) mass is 385 g/mol. The van der Waals surface area contributed by atoms with Gasteiger partial charge in [-0.2, -0.15) is 0 Å². The molecule has 0 saturated carbocycles. The Morgan fingerprint density at radius 2 is 1.79 bits per heavy atom. The highest BCUT2D eigenvalue weighted by Gasteiger charge is 2.44. The van der Waals surface area contributed by atoms with E-state index in [1.807, 2.05) is 0 Å². The van der Waals surface area contributed by atoms with E-state index in [0.29, 0.717) is 0 Å². The first-order valence-electron chi connectivity index (χ1n) is 10.9. The van der Waals surface area contributed by atoms with Crippen molar-refractivity contribution in [3.8, 4) is 0 Å². The summed E-state index contributed by atoms with van der Waals surface area (Å²) in [4.78, 5) is 9.66. The summed E-state index contributed by atoms with van der Waals surface area (Å²) >= 11 is 0. The summed E-state index contributed by atoms with van der Waals surface area (Å²) < 4.78 is 0. The second kappa shape index (κ2) is 8.08. The van der Waals surface area contributed by atoms with Crippen LogP contribution in [-0.4, -0.2) is 36.3 Å². The fraction of sp³-hybridized carbons (Fsp3) is 0.720. The summed E-state index contributed by atoms with van der Waals surface area (Å²) in [7, 11) is 4.50. The lowest BCUT2D eigenvalue weighted by molar-refractivity contribution is 0.124. The lowest BCUT2D eigenvalue weighted by Gasteiger charge is -2.44. The van der Waals surface area contributed by atoms with Crippen molar-refractivity contribution in [1.82, 2.24) is 9.80 Å². The summed E-state index contributed by atoms with van der Waals surface area (Å²) in [5, 5.41) is 0. The van der Waals surface area contributed by atoms with Gasteiger partial charge in [-0.05, 0) is 48.5 Å². The van der Waals surface area contributed by atoms with Gasteiger partial charge in [-0.15, -0.1) is 6.58 Å². The summed E-state index contributed by atoms with van der Waals surface area (Å²) in [5.74, 6) is 0. The Hall–Kier alpha value is -1.51. The van der Waals surface area contributed by atoms with Crippen molar-refractivity contribution in [2.75, 3.05) is 14.1 Å². The van der Waals surface area contributed by atoms with E-state index in [4.69, 9.17) is 4.99 Å². The third-order valence-electron chi connectivity index (χ3n) is 6.20. The minimum absolute atomic E-state index is 0.0819. The van der Waals surface area contributed by atoms with Crippen molar-refractivity contribution in [2.24, 2.45) is 21.2 Å². The van der Waals surface area contributed by atoms with E-state index < -0.39 is 0 Å². The zero-order valence-electron chi connectivity index (χ0n) is 19.9. The Morgan fingerprint density at radius 3 is 2.32 bits per heavy atom. The molecule has 0 aromatic rings. The minimum Gasteiger partial charge on any atom is -0.355 e. The molecular formula is C25H43N3. The average molecular weight is 386 g/mol. The van der Waals surface area contributed by atoms with E-state index in [1.54, 1.807) is 0 Å². The zero-order valence-corrected chi connectivity index (χ0v) is 19.9. The first kappa shape index (κ1) is 22.8. The predicted molar refractivity (Wildman–Crippen MR) is 123 cm³/mol. The number of aliphatic imine (C=N–C) groups is 1. The van der Waals surface area contributed by atoms with Gasteiger partial charge in [0.15, 0.2) is 0 Å². The van der Waals surface area contributed by atoms with Crippen molar-refractivity contribution in [1.29, 1.82) is 0 Å². The van der Waals surface area contributed by atoms with Crippen LogP contribution in [-0.2, 0) is 0 Å². The molecule has 3 heteroatoms. The van der Waals surface area contributed by atoms with E-state index in [0.717, 1.165) is 32.1 Å².